The molecule has 0 amide bonds. The van der Waals surface area contributed by atoms with Crippen molar-refractivity contribution in [3.05, 3.63) is 47.0 Å². The van der Waals surface area contributed by atoms with E-state index in [1.807, 2.05) is 6.92 Å². The van der Waals surface area contributed by atoms with Crippen LogP contribution in [-0.2, 0) is 16.1 Å². The second-order valence-electron chi connectivity index (χ2n) is 7.49. The minimum Gasteiger partial charge on any atom is -0.381 e. The smallest absolute Gasteiger partial charge is 0.167 e. The molecule has 0 aliphatic carbocycles. The van der Waals surface area contributed by atoms with Gasteiger partial charge >= 0.3 is 0 Å². The molecule has 0 bridgehead atoms. The van der Waals surface area contributed by atoms with Crippen LogP contribution in [0.5, 0.6) is 0 Å². The molecule has 0 spiro atoms. The van der Waals surface area contributed by atoms with Crippen LogP contribution in [0.2, 0.25) is 0 Å². The quantitative estimate of drug-likeness (QED) is 0.892. The molecule has 4 rings (SSSR count). The van der Waals surface area contributed by atoms with Gasteiger partial charge in [-0.1, -0.05) is 29.8 Å². The minimum absolute atomic E-state index is 0.210. The largest absolute Gasteiger partial charge is 0.381 e. The molecule has 2 aliphatic rings. The molecule has 6 heteroatoms. The van der Waals surface area contributed by atoms with Crippen molar-refractivity contribution >= 4 is 0 Å². The zero-order valence-electron chi connectivity index (χ0n) is 15.6. The van der Waals surface area contributed by atoms with Crippen LogP contribution in [0, 0.1) is 13.8 Å². The highest BCUT2D eigenvalue weighted by molar-refractivity contribution is 5.21. The number of rotatable bonds is 5. The van der Waals surface area contributed by atoms with Gasteiger partial charge in [-0.15, -0.1) is 0 Å². The predicted octanol–water partition coefficient (Wildman–Crippen LogP) is 2.93. The number of aryl methyl sites for hydroxylation is 2. The summed E-state index contributed by atoms with van der Waals surface area (Å²) < 4.78 is 11.8. The summed E-state index contributed by atoms with van der Waals surface area (Å²) in [5, 5.41) is 7.44. The van der Waals surface area contributed by atoms with Crippen molar-refractivity contribution in [2.24, 2.45) is 0 Å². The molecule has 2 fully saturated rings. The molecule has 2 aliphatic heterocycles. The maximum atomic E-state index is 6.28. The molecule has 6 nitrogen and oxygen atoms in total. The van der Waals surface area contributed by atoms with Gasteiger partial charge in [-0.2, -0.15) is 5.10 Å². The van der Waals surface area contributed by atoms with E-state index in [2.05, 4.69) is 51.3 Å². The van der Waals surface area contributed by atoms with Gasteiger partial charge in [0.25, 0.3) is 0 Å². The van der Waals surface area contributed by atoms with Gasteiger partial charge in [-0.3, -0.25) is 10.00 Å². The highest BCUT2D eigenvalue weighted by Gasteiger charge is 2.40. The number of likely N-dealkylation sites (tertiary alicyclic amines) is 1. The average Bonchev–Trinajstić information content (AvgIpc) is 3.27. The van der Waals surface area contributed by atoms with Crippen LogP contribution in [0.15, 0.2) is 24.3 Å². The number of aromatic nitrogens is 3. The second-order valence-corrected chi connectivity index (χ2v) is 7.49. The molecule has 140 valence electrons. The third-order valence-electron chi connectivity index (χ3n) is 5.44. The molecule has 1 N–H and O–H groups in total. The highest BCUT2D eigenvalue weighted by Crippen LogP contribution is 2.36. The first-order chi connectivity index (χ1) is 12.7. The zero-order chi connectivity index (χ0) is 17.9. The Morgan fingerprint density at radius 2 is 2.12 bits per heavy atom. The van der Waals surface area contributed by atoms with Crippen molar-refractivity contribution in [3.63, 3.8) is 0 Å². The van der Waals surface area contributed by atoms with Crippen molar-refractivity contribution in [1.82, 2.24) is 20.1 Å². The van der Waals surface area contributed by atoms with Gasteiger partial charge in [0.05, 0.1) is 18.8 Å². The van der Waals surface area contributed by atoms with Crippen LogP contribution in [0.25, 0.3) is 0 Å². The lowest BCUT2D eigenvalue weighted by atomic mass is 10.1. The van der Waals surface area contributed by atoms with E-state index in [-0.39, 0.29) is 12.1 Å². The number of aromatic amines is 1. The van der Waals surface area contributed by atoms with Gasteiger partial charge in [0.1, 0.15) is 5.82 Å². The Balaban J connectivity index is 1.45. The maximum Gasteiger partial charge on any atom is 0.167 e. The Morgan fingerprint density at radius 1 is 1.27 bits per heavy atom. The molecule has 0 unspecified atom stereocenters. The fourth-order valence-corrected chi connectivity index (χ4v) is 4.14. The predicted molar refractivity (Wildman–Crippen MR) is 98.8 cm³/mol. The molecule has 1 aromatic heterocycles. The van der Waals surface area contributed by atoms with Gasteiger partial charge in [-0.05, 0) is 38.7 Å². The molecule has 1 aromatic carbocycles. The first kappa shape index (κ1) is 17.6. The second kappa shape index (κ2) is 7.86. The van der Waals surface area contributed by atoms with Crippen molar-refractivity contribution in [2.75, 3.05) is 19.8 Å². The van der Waals surface area contributed by atoms with Crippen LogP contribution in [0.4, 0.5) is 0 Å². The van der Waals surface area contributed by atoms with Crippen molar-refractivity contribution in [3.8, 4) is 0 Å². The summed E-state index contributed by atoms with van der Waals surface area (Å²) in [6, 6.07) is 9.30. The normalized spacial score (nSPS) is 25.0. The van der Waals surface area contributed by atoms with Gasteiger partial charge < -0.3 is 9.47 Å². The topological polar surface area (TPSA) is 63.3 Å². The lowest BCUT2D eigenvalue weighted by Gasteiger charge is -2.34. The molecule has 3 heterocycles. The van der Waals surface area contributed by atoms with E-state index in [0.29, 0.717) is 12.6 Å². The SMILES string of the molecule is Cc1cccc(CO[C@H]2C[C@@H](c3n[nH]c(C)n3)N(C3CCOCC3)C2)c1. The van der Waals surface area contributed by atoms with Crippen LogP contribution >= 0.6 is 0 Å². The standard InChI is InChI=1S/C20H28N4O2/c1-14-4-3-5-16(10-14)13-26-18-11-19(20-21-15(2)22-23-20)24(12-18)17-6-8-25-9-7-17/h3-5,10,17-19H,6-9,11-13H2,1-2H3,(H,21,22,23)/t18-,19-/m0/s1. The van der Waals surface area contributed by atoms with E-state index >= 15 is 0 Å². The monoisotopic (exact) mass is 356 g/mol. The number of nitrogens with one attached hydrogen (secondary N) is 1. The number of H-pyrrole nitrogens is 1. The van der Waals surface area contributed by atoms with E-state index in [4.69, 9.17) is 9.47 Å². The third-order valence-corrected chi connectivity index (χ3v) is 5.44. The van der Waals surface area contributed by atoms with Crippen LogP contribution in [0.3, 0.4) is 0 Å². The first-order valence-corrected chi connectivity index (χ1v) is 9.58. The number of nitrogens with zero attached hydrogens (tertiary/aromatic N) is 3. The fraction of sp³-hybridized carbons (Fsp3) is 0.600. The van der Waals surface area contributed by atoms with E-state index in [1.165, 1.54) is 11.1 Å². The molecular weight excluding hydrogens is 328 g/mol. The molecule has 2 saturated heterocycles. The number of hydrogen-bond donors (Lipinski definition) is 1. The van der Waals surface area contributed by atoms with Crippen LogP contribution < -0.4 is 0 Å². The van der Waals surface area contributed by atoms with Crippen LogP contribution in [0.1, 0.15) is 48.1 Å². The number of hydrogen-bond acceptors (Lipinski definition) is 5. The maximum absolute atomic E-state index is 6.28. The molecule has 2 atom stereocenters. The lowest BCUT2D eigenvalue weighted by Crippen LogP contribution is -2.40. The Morgan fingerprint density at radius 3 is 2.85 bits per heavy atom. The van der Waals surface area contributed by atoms with E-state index in [0.717, 1.165) is 50.7 Å². The van der Waals surface area contributed by atoms with Crippen LogP contribution in [-0.4, -0.2) is 52.0 Å². The number of benzene rings is 1. The zero-order valence-corrected chi connectivity index (χ0v) is 15.6. The average molecular weight is 356 g/mol. The Hall–Kier alpha value is -1.76. The van der Waals surface area contributed by atoms with Crippen molar-refractivity contribution in [1.29, 1.82) is 0 Å². The summed E-state index contributed by atoms with van der Waals surface area (Å²) in [4.78, 5) is 7.15. The van der Waals surface area contributed by atoms with Crippen molar-refractivity contribution < 1.29 is 9.47 Å². The molecule has 0 radical (unpaired) electrons. The summed E-state index contributed by atoms with van der Waals surface area (Å²) in [5.41, 5.74) is 2.51. The molecule has 2 aromatic rings. The summed E-state index contributed by atoms with van der Waals surface area (Å²) in [7, 11) is 0. The van der Waals surface area contributed by atoms with Gasteiger partial charge in [0.2, 0.25) is 0 Å². The lowest BCUT2D eigenvalue weighted by molar-refractivity contribution is 0.0142. The Kier molecular flexibility index (Phi) is 5.33. The van der Waals surface area contributed by atoms with Gasteiger partial charge in [0, 0.05) is 25.8 Å². The summed E-state index contributed by atoms with van der Waals surface area (Å²) in [6.07, 6.45) is 3.30. The fourth-order valence-electron chi connectivity index (χ4n) is 4.14. The third kappa shape index (κ3) is 3.98. The minimum atomic E-state index is 0.210. The summed E-state index contributed by atoms with van der Waals surface area (Å²) in [5.74, 6) is 1.77. The molecular formula is C20H28N4O2. The summed E-state index contributed by atoms with van der Waals surface area (Å²) >= 11 is 0. The van der Waals surface area contributed by atoms with Gasteiger partial charge in [0.15, 0.2) is 5.82 Å². The summed E-state index contributed by atoms with van der Waals surface area (Å²) in [6.45, 7) is 7.36. The molecule has 0 saturated carbocycles. The van der Waals surface area contributed by atoms with E-state index in [9.17, 15) is 0 Å². The Labute approximate surface area is 154 Å². The first-order valence-electron chi connectivity index (χ1n) is 9.58. The van der Waals surface area contributed by atoms with Crippen molar-refractivity contribution in [2.45, 2.75) is 57.9 Å². The Bertz CT molecular complexity index is 726. The van der Waals surface area contributed by atoms with E-state index < -0.39 is 0 Å². The molecule has 26 heavy (non-hydrogen) atoms. The number of ether oxygens (including phenoxy) is 2. The highest BCUT2D eigenvalue weighted by atomic mass is 16.5. The van der Waals surface area contributed by atoms with Gasteiger partial charge in [-0.25, -0.2) is 4.98 Å². The van der Waals surface area contributed by atoms with E-state index in [1.54, 1.807) is 0 Å².